The minimum absolute atomic E-state index is 0.110. The molecule has 3 nitrogen and oxygen atoms in total. The molecule has 2 aliphatic rings. The Kier molecular flexibility index (Phi) is 1.26. The lowest BCUT2D eigenvalue weighted by Gasteiger charge is -2.23. The van der Waals surface area contributed by atoms with Gasteiger partial charge in [-0.2, -0.15) is 0 Å². The Balaban J connectivity index is 2.03. The van der Waals surface area contributed by atoms with Crippen LogP contribution in [0.25, 0.3) is 0 Å². The van der Waals surface area contributed by atoms with E-state index in [2.05, 4.69) is 4.89 Å². The van der Waals surface area contributed by atoms with Gasteiger partial charge in [-0.1, -0.05) is 12.2 Å². The Hall–Kier alpha value is -0.380. The van der Waals surface area contributed by atoms with Crippen molar-refractivity contribution in [2.75, 3.05) is 6.79 Å². The van der Waals surface area contributed by atoms with Crippen molar-refractivity contribution >= 4 is 0 Å². The lowest BCUT2D eigenvalue weighted by Crippen LogP contribution is -2.32. The van der Waals surface area contributed by atoms with Gasteiger partial charge in [-0.3, -0.25) is 0 Å². The van der Waals surface area contributed by atoms with Crippen LogP contribution in [0.4, 0.5) is 0 Å². The van der Waals surface area contributed by atoms with E-state index in [0.717, 1.165) is 6.42 Å². The van der Waals surface area contributed by atoms with Crippen LogP contribution in [0, 0.1) is 0 Å². The van der Waals surface area contributed by atoms with E-state index >= 15 is 0 Å². The fourth-order valence-corrected chi connectivity index (χ4v) is 1.08. The number of ether oxygens (including phenoxy) is 1. The van der Waals surface area contributed by atoms with Crippen LogP contribution in [-0.4, -0.2) is 19.0 Å². The van der Waals surface area contributed by atoms with Crippen LogP contribution >= 0.6 is 0 Å². The number of hydrogen-bond acceptors (Lipinski definition) is 3. The predicted octanol–water partition coefficient (Wildman–Crippen LogP) is 0.619. The van der Waals surface area contributed by atoms with E-state index in [0.29, 0.717) is 0 Å². The molecule has 1 aliphatic carbocycles. The van der Waals surface area contributed by atoms with Crippen molar-refractivity contribution in [3.05, 3.63) is 12.2 Å². The molecule has 1 saturated heterocycles. The van der Waals surface area contributed by atoms with Crippen molar-refractivity contribution < 1.29 is 14.5 Å². The lowest BCUT2D eigenvalue weighted by atomic mass is 10.2. The van der Waals surface area contributed by atoms with Gasteiger partial charge in [-0.05, 0) is 6.42 Å². The van der Waals surface area contributed by atoms with Crippen molar-refractivity contribution in [1.82, 2.24) is 0 Å². The molecule has 0 bridgehead atoms. The van der Waals surface area contributed by atoms with Crippen molar-refractivity contribution in [3.8, 4) is 0 Å². The monoisotopic (exact) mass is 128 g/mol. The molecule has 0 N–H and O–H groups in total. The molecule has 0 aromatic rings. The molecule has 0 radical (unpaired) electrons. The largest absolute Gasteiger partial charge is 0.342 e. The quantitative estimate of drug-likeness (QED) is 0.353. The van der Waals surface area contributed by atoms with E-state index in [9.17, 15) is 0 Å². The Labute approximate surface area is 53.1 Å². The van der Waals surface area contributed by atoms with Gasteiger partial charge in [0.2, 0.25) is 0 Å². The van der Waals surface area contributed by atoms with Crippen LogP contribution in [0.2, 0.25) is 0 Å². The molecule has 1 heterocycles. The highest BCUT2D eigenvalue weighted by Gasteiger charge is 2.28. The molecule has 1 unspecified atom stereocenters. The average Bonchev–Trinajstić information content (AvgIpc) is 2.33. The Bertz CT molecular complexity index is 132. The highest BCUT2D eigenvalue weighted by Crippen LogP contribution is 2.21. The van der Waals surface area contributed by atoms with Gasteiger partial charge in [-0.25, -0.2) is 9.78 Å². The van der Waals surface area contributed by atoms with E-state index in [1.807, 2.05) is 12.2 Å². The first-order valence-corrected chi connectivity index (χ1v) is 3.03. The zero-order valence-electron chi connectivity index (χ0n) is 4.95. The van der Waals surface area contributed by atoms with E-state index in [4.69, 9.17) is 9.62 Å². The van der Waals surface area contributed by atoms with E-state index in [1.54, 1.807) is 0 Å². The van der Waals surface area contributed by atoms with Crippen molar-refractivity contribution in [2.24, 2.45) is 0 Å². The predicted molar refractivity (Wildman–Crippen MR) is 29.5 cm³/mol. The molecule has 1 fully saturated rings. The van der Waals surface area contributed by atoms with Gasteiger partial charge in [0, 0.05) is 0 Å². The minimum Gasteiger partial charge on any atom is -0.342 e. The third-order valence-electron chi connectivity index (χ3n) is 1.56. The maximum Gasteiger partial charge on any atom is 0.181 e. The van der Waals surface area contributed by atoms with Crippen LogP contribution in [0.1, 0.15) is 6.42 Å². The summed E-state index contributed by atoms with van der Waals surface area (Å²) in [4.78, 5) is 9.54. The highest BCUT2D eigenvalue weighted by atomic mass is 17.2. The van der Waals surface area contributed by atoms with Gasteiger partial charge in [0.25, 0.3) is 0 Å². The molecule has 0 saturated carbocycles. The number of hydrogen-bond donors (Lipinski definition) is 0. The van der Waals surface area contributed by atoms with Crippen molar-refractivity contribution in [2.45, 2.75) is 18.6 Å². The molecule has 2 atom stereocenters. The van der Waals surface area contributed by atoms with Crippen molar-refractivity contribution in [3.63, 3.8) is 0 Å². The topological polar surface area (TPSA) is 27.7 Å². The minimum atomic E-state index is 0.110. The molecule has 0 aromatic heterocycles. The second kappa shape index (κ2) is 2.10. The maximum atomic E-state index is 5.17. The van der Waals surface area contributed by atoms with Crippen molar-refractivity contribution in [1.29, 1.82) is 0 Å². The van der Waals surface area contributed by atoms with Crippen LogP contribution < -0.4 is 0 Å². The summed E-state index contributed by atoms with van der Waals surface area (Å²) in [5.74, 6) is 0. The summed E-state index contributed by atoms with van der Waals surface area (Å²) >= 11 is 0. The summed E-state index contributed by atoms with van der Waals surface area (Å²) in [7, 11) is 0. The number of rotatable bonds is 0. The lowest BCUT2D eigenvalue weighted by molar-refractivity contribution is -0.411. The Morgan fingerprint density at radius 3 is 3.33 bits per heavy atom. The molecule has 0 aromatic carbocycles. The second-order valence-corrected chi connectivity index (χ2v) is 2.17. The highest BCUT2D eigenvalue weighted by molar-refractivity contribution is 5.03. The summed E-state index contributed by atoms with van der Waals surface area (Å²) in [6.07, 6.45) is 5.21. The maximum absolute atomic E-state index is 5.17. The average molecular weight is 128 g/mol. The van der Waals surface area contributed by atoms with E-state index < -0.39 is 0 Å². The summed E-state index contributed by atoms with van der Waals surface area (Å²) in [6.45, 7) is 0.255. The molecule has 0 spiro atoms. The smallest absolute Gasteiger partial charge is 0.181 e. The Morgan fingerprint density at radius 2 is 2.44 bits per heavy atom. The number of fused-ring (bicyclic) bond motifs is 1. The van der Waals surface area contributed by atoms with Gasteiger partial charge in [-0.15, -0.1) is 0 Å². The third kappa shape index (κ3) is 0.871. The standard InChI is InChI=1S/C6H8O3/c1-2-5-6(3-1)9-8-4-7-5/h1-2,5-6H,3-4H2/t5?,6-/m0/s1. The van der Waals surface area contributed by atoms with Gasteiger partial charge in [0.15, 0.2) is 6.79 Å². The summed E-state index contributed by atoms with van der Waals surface area (Å²) in [5.41, 5.74) is 0. The third-order valence-corrected chi connectivity index (χ3v) is 1.56. The first-order valence-electron chi connectivity index (χ1n) is 3.03. The Morgan fingerprint density at radius 1 is 1.44 bits per heavy atom. The molecule has 1 aliphatic heterocycles. The molecule has 3 heteroatoms. The summed E-state index contributed by atoms with van der Waals surface area (Å²) < 4.78 is 5.17. The second-order valence-electron chi connectivity index (χ2n) is 2.17. The SMILES string of the molecule is C1=CC2OCOO[C@H]2C1. The zero-order valence-corrected chi connectivity index (χ0v) is 4.95. The molecule has 50 valence electrons. The van der Waals surface area contributed by atoms with Gasteiger partial charge in [0.05, 0.1) is 0 Å². The van der Waals surface area contributed by atoms with E-state index in [1.165, 1.54) is 0 Å². The molecule has 9 heavy (non-hydrogen) atoms. The zero-order chi connectivity index (χ0) is 6.10. The summed E-state index contributed by atoms with van der Waals surface area (Å²) in [5, 5.41) is 0. The first-order chi connectivity index (χ1) is 4.47. The van der Waals surface area contributed by atoms with Crippen LogP contribution in [-0.2, 0) is 14.5 Å². The van der Waals surface area contributed by atoms with Gasteiger partial charge < -0.3 is 4.74 Å². The molecule has 0 amide bonds. The van der Waals surface area contributed by atoms with Crippen LogP contribution in [0.15, 0.2) is 12.2 Å². The normalized spacial score (nSPS) is 40.9. The fraction of sp³-hybridized carbons (Fsp3) is 0.667. The van der Waals surface area contributed by atoms with Crippen LogP contribution in [0.3, 0.4) is 0 Å². The molecular weight excluding hydrogens is 120 g/mol. The van der Waals surface area contributed by atoms with Crippen LogP contribution in [0.5, 0.6) is 0 Å². The van der Waals surface area contributed by atoms with Gasteiger partial charge >= 0.3 is 0 Å². The summed E-state index contributed by atoms with van der Waals surface area (Å²) in [6, 6.07) is 0. The molecule has 2 rings (SSSR count). The molecular formula is C6H8O3. The first kappa shape index (κ1) is 5.41. The fourth-order valence-electron chi connectivity index (χ4n) is 1.08. The van der Waals surface area contributed by atoms with Gasteiger partial charge in [0.1, 0.15) is 12.2 Å². The van der Waals surface area contributed by atoms with E-state index in [-0.39, 0.29) is 19.0 Å².